The summed E-state index contributed by atoms with van der Waals surface area (Å²) in [5.74, 6) is -5.51. The molecule has 0 aliphatic rings. The molecule has 1 rings (SSSR count). The number of rotatable bonds is 14. The van der Waals surface area contributed by atoms with E-state index in [2.05, 4.69) is 28.6 Å². The van der Waals surface area contributed by atoms with Crippen molar-refractivity contribution in [1.82, 2.24) is 16.0 Å². The number of thiol groups is 1. The van der Waals surface area contributed by atoms with E-state index in [-0.39, 0.29) is 24.3 Å². The lowest BCUT2D eigenvalue weighted by atomic mass is 10.0. The molecule has 0 heterocycles. The van der Waals surface area contributed by atoms with Gasteiger partial charge in [0.1, 0.15) is 29.9 Å². The lowest BCUT2D eigenvalue weighted by molar-refractivity contribution is -0.143. The Morgan fingerprint density at radius 2 is 1.41 bits per heavy atom. The molecule has 1 aromatic rings. The van der Waals surface area contributed by atoms with Gasteiger partial charge in [-0.2, -0.15) is 12.6 Å². The molecule has 4 unspecified atom stereocenters. The molecule has 0 fully saturated rings. The summed E-state index contributed by atoms with van der Waals surface area (Å²) in [5.41, 5.74) is 6.03. The highest BCUT2D eigenvalue weighted by Crippen LogP contribution is 2.12. The molecule has 0 spiro atoms. The molecule has 1 aromatic carbocycles. The molecule has 0 saturated heterocycles. The standard InChI is InChI=1S/C20H28N4O9S/c21-12(8-25)17(29)23-14(7-10-1-3-11(26)4-2-10)18(30)24-15(9-34)19(31)22-13(20(32)33)5-6-16(27)28/h1-4,12-15,25-26,34H,5-9,21H2,(H,22,31)(H,23,29)(H,24,30)(H,27,28)(H,32,33). The third kappa shape index (κ3) is 9.64. The van der Waals surface area contributed by atoms with Crippen molar-refractivity contribution in [3.8, 4) is 5.75 Å². The number of aliphatic hydroxyl groups is 1. The van der Waals surface area contributed by atoms with Gasteiger partial charge in [-0.15, -0.1) is 0 Å². The van der Waals surface area contributed by atoms with Gasteiger partial charge >= 0.3 is 11.9 Å². The molecule has 4 atom stereocenters. The predicted octanol–water partition coefficient (Wildman–Crippen LogP) is -2.41. The van der Waals surface area contributed by atoms with Crippen LogP contribution in [0.3, 0.4) is 0 Å². The largest absolute Gasteiger partial charge is 0.508 e. The number of aliphatic carboxylic acids is 2. The molecule has 34 heavy (non-hydrogen) atoms. The van der Waals surface area contributed by atoms with Crippen LogP contribution in [0.2, 0.25) is 0 Å². The van der Waals surface area contributed by atoms with Crippen molar-refractivity contribution in [3.63, 3.8) is 0 Å². The number of amides is 3. The molecule has 14 heteroatoms. The number of carbonyl (C=O) groups is 5. The first-order chi connectivity index (χ1) is 16.0. The van der Waals surface area contributed by atoms with Crippen molar-refractivity contribution in [2.45, 2.75) is 43.4 Å². The number of nitrogens with one attached hydrogen (secondary N) is 3. The number of hydrogen-bond acceptors (Lipinski definition) is 9. The summed E-state index contributed by atoms with van der Waals surface area (Å²) < 4.78 is 0. The van der Waals surface area contributed by atoms with Crippen molar-refractivity contribution in [2.24, 2.45) is 5.73 Å². The van der Waals surface area contributed by atoms with Gasteiger partial charge in [-0.05, 0) is 24.1 Å². The molecule has 0 bridgehead atoms. The monoisotopic (exact) mass is 500 g/mol. The topological polar surface area (TPSA) is 228 Å². The van der Waals surface area contributed by atoms with Gasteiger partial charge in [0, 0.05) is 18.6 Å². The van der Waals surface area contributed by atoms with Crippen molar-refractivity contribution in [3.05, 3.63) is 29.8 Å². The molecular formula is C20H28N4O9S. The number of hydrogen-bond donors (Lipinski definition) is 9. The van der Waals surface area contributed by atoms with Crippen LogP contribution in [0.4, 0.5) is 0 Å². The minimum Gasteiger partial charge on any atom is -0.508 e. The normalized spacial score (nSPS) is 14.2. The third-order valence-corrected chi connectivity index (χ3v) is 4.98. The van der Waals surface area contributed by atoms with E-state index in [0.717, 1.165) is 0 Å². The highest BCUT2D eigenvalue weighted by molar-refractivity contribution is 7.80. The van der Waals surface area contributed by atoms with Crippen LogP contribution in [0.25, 0.3) is 0 Å². The summed E-state index contributed by atoms with van der Waals surface area (Å²) in [5, 5.41) is 43.3. The minimum atomic E-state index is -1.50. The first-order valence-electron chi connectivity index (χ1n) is 10.1. The van der Waals surface area contributed by atoms with Gasteiger partial charge in [-0.1, -0.05) is 12.1 Å². The zero-order chi connectivity index (χ0) is 25.8. The van der Waals surface area contributed by atoms with Crippen molar-refractivity contribution in [1.29, 1.82) is 0 Å². The van der Waals surface area contributed by atoms with Crippen LogP contribution >= 0.6 is 12.6 Å². The first-order valence-corrected chi connectivity index (χ1v) is 10.7. The van der Waals surface area contributed by atoms with Gasteiger partial charge in [0.15, 0.2) is 0 Å². The van der Waals surface area contributed by atoms with E-state index >= 15 is 0 Å². The van der Waals surface area contributed by atoms with Crippen LogP contribution in [0.1, 0.15) is 18.4 Å². The van der Waals surface area contributed by atoms with Gasteiger partial charge in [-0.25, -0.2) is 4.79 Å². The maximum Gasteiger partial charge on any atom is 0.326 e. The van der Waals surface area contributed by atoms with E-state index in [1.165, 1.54) is 24.3 Å². The number of phenols is 1. The number of carboxylic acid groups (broad SMARTS) is 2. The van der Waals surface area contributed by atoms with E-state index < -0.39 is 66.9 Å². The van der Waals surface area contributed by atoms with Crippen LogP contribution in [-0.4, -0.2) is 86.6 Å². The number of aliphatic hydroxyl groups excluding tert-OH is 1. The minimum absolute atomic E-state index is 0.0150. The van der Waals surface area contributed by atoms with E-state index in [0.29, 0.717) is 5.56 Å². The van der Waals surface area contributed by atoms with Gasteiger partial charge in [0.25, 0.3) is 0 Å². The molecule has 0 aliphatic heterocycles. The van der Waals surface area contributed by atoms with Crippen LogP contribution in [0.5, 0.6) is 5.75 Å². The highest BCUT2D eigenvalue weighted by Gasteiger charge is 2.30. The van der Waals surface area contributed by atoms with Gasteiger partial charge < -0.3 is 42.1 Å². The Morgan fingerprint density at radius 3 is 1.91 bits per heavy atom. The van der Waals surface area contributed by atoms with Crippen LogP contribution in [0, 0.1) is 0 Å². The summed E-state index contributed by atoms with van der Waals surface area (Å²) in [4.78, 5) is 59.6. The maximum absolute atomic E-state index is 12.9. The van der Waals surface area contributed by atoms with E-state index in [1.807, 2.05) is 0 Å². The SMILES string of the molecule is NC(CO)C(=O)NC(Cc1ccc(O)cc1)C(=O)NC(CS)C(=O)NC(CCC(=O)O)C(=O)O. The van der Waals surface area contributed by atoms with Crippen LogP contribution in [0.15, 0.2) is 24.3 Å². The fraction of sp³-hybridized carbons (Fsp3) is 0.450. The summed E-state index contributed by atoms with van der Waals surface area (Å²) in [6.45, 7) is -0.673. The Kier molecular flexibility index (Phi) is 11.8. The predicted molar refractivity (Wildman–Crippen MR) is 121 cm³/mol. The summed E-state index contributed by atoms with van der Waals surface area (Å²) in [6.07, 6.45) is -0.934. The smallest absolute Gasteiger partial charge is 0.326 e. The second-order valence-electron chi connectivity index (χ2n) is 7.30. The highest BCUT2D eigenvalue weighted by atomic mass is 32.1. The molecule has 9 N–H and O–H groups in total. The average Bonchev–Trinajstić information content (AvgIpc) is 2.79. The fourth-order valence-electron chi connectivity index (χ4n) is 2.70. The average molecular weight is 501 g/mol. The number of benzene rings is 1. The number of phenolic OH excluding ortho intramolecular Hbond substituents is 1. The Labute approximate surface area is 200 Å². The summed E-state index contributed by atoms with van der Waals surface area (Å²) >= 11 is 4.00. The Balaban J connectivity index is 2.97. The molecule has 3 amide bonds. The second kappa shape index (κ2) is 14.0. The third-order valence-electron chi connectivity index (χ3n) is 4.62. The number of nitrogens with two attached hydrogens (primary N) is 1. The summed E-state index contributed by atoms with van der Waals surface area (Å²) in [6, 6.07) is 0.410. The lowest BCUT2D eigenvalue weighted by Crippen LogP contribution is -2.58. The van der Waals surface area contributed by atoms with Crippen molar-refractivity contribution >= 4 is 42.3 Å². The Hall–Kier alpha value is -3.36. The molecular weight excluding hydrogens is 472 g/mol. The van der Waals surface area contributed by atoms with E-state index in [9.17, 15) is 34.2 Å². The number of carboxylic acids is 2. The van der Waals surface area contributed by atoms with Crippen LogP contribution < -0.4 is 21.7 Å². The van der Waals surface area contributed by atoms with Crippen LogP contribution in [-0.2, 0) is 30.4 Å². The second-order valence-corrected chi connectivity index (χ2v) is 7.66. The zero-order valence-electron chi connectivity index (χ0n) is 18.0. The number of aromatic hydroxyl groups is 1. The van der Waals surface area contributed by atoms with Gasteiger partial charge in [0.05, 0.1) is 6.61 Å². The van der Waals surface area contributed by atoms with Crippen molar-refractivity contribution < 1.29 is 44.4 Å². The molecule has 188 valence electrons. The number of carbonyl (C=O) groups excluding carboxylic acids is 3. The lowest BCUT2D eigenvalue weighted by Gasteiger charge is -2.24. The first kappa shape index (κ1) is 28.7. The molecule has 0 saturated carbocycles. The Morgan fingerprint density at radius 1 is 0.882 bits per heavy atom. The Bertz CT molecular complexity index is 881. The van der Waals surface area contributed by atoms with E-state index in [4.69, 9.17) is 15.9 Å². The maximum atomic E-state index is 12.9. The molecule has 0 aromatic heterocycles. The molecule has 0 radical (unpaired) electrons. The quantitative estimate of drug-likeness (QED) is 0.123. The van der Waals surface area contributed by atoms with E-state index in [1.54, 1.807) is 0 Å². The van der Waals surface area contributed by atoms with Gasteiger partial charge in [-0.3, -0.25) is 19.2 Å². The fourth-order valence-corrected chi connectivity index (χ4v) is 2.96. The van der Waals surface area contributed by atoms with Gasteiger partial charge in [0.2, 0.25) is 17.7 Å². The van der Waals surface area contributed by atoms with Crippen molar-refractivity contribution in [2.75, 3.05) is 12.4 Å². The molecule has 0 aliphatic carbocycles. The molecule has 13 nitrogen and oxygen atoms in total. The summed E-state index contributed by atoms with van der Waals surface area (Å²) in [7, 11) is 0. The zero-order valence-corrected chi connectivity index (χ0v) is 18.9.